The Bertz CT molecular complexity index is 1710. The molecule has 3 N–H and O–H groups in total. The molecule has 0 aliphatic heterocycles. The van der Waals surface area contributed by atoms with E-state index in [0.717, 1.165) is 38.7 Å². The van der Waals surface area contributed by atoms with Gasteiger partial charge >= 0.3 is 0 Å². The predicted molar refractivity (Wildman–Crippen MR) is 145 cm³/mol. The van der Waals surface area contributed by atoms with Crippen LogP contribution in [0, 0.1) is 0 Å². The van der Waals surface area contributed by atoms with Crippen molar-refractivity contribution in [3.05, 3.63) is 71.6 Å². The first-order chi connectivity index (χ1) is 17.8. The first-order valence-electron chi connectivity index (χ1n) is 11.7. The van der Waals surface area contributed by atoms with Crippen molar-refractivity contribution in [3.63, 3.8) is 0 Å². The molecule has 37 heavy (non-hydrogen) atoms. The van der Waals surface area contributed by atoms with E-state index in [0.29, 0.717) is 23.8 Å². The van der Waals surface area contributed by atoms with E-state index >= 15 is 0 Å². The predicted octanol–water partition coefficient (Wildman–Crippen LogP) is 3.54. The molecule has 5 heterocycles. The summed E-state index contributed by atoms with van der Waals surface area (Å²) in [4.78, 5) is 42.1. The molecule has 1 amide bonds. The fourth-order valence-corrected chi connectivity index (χ4v) is 4.25. The number of pyridine rings is 3. The van der Waals surface area contributed by atoms with E-state index < -0.39 is 0 Å². The van der Waals surface area contributed by atoms with Crippen molar-refractivity contribution in [2.45, 2.75) is 0 Å². The Hall–Kier alpha value is -4.70. The van der Waals surface area contributed by atoms with Gasteiger partial charge < -0.3 is 29.5 Å². The number of ether oxygens (including phenoxy) is 1. The van der Waals surface area contributed by atoms with Crippen molar-refractivity contribution < 1.29 is 9.53 Å². The molecule has 0 aliphatic carbocycles. The number of likely N-dealkylation sites (N-methyl/N-ethyl adjacent to an activating group) is 1. The van der Waals surface area contributed by atoms with Crippen LogP contribution in [0.4, 0.5) is 5.82 Å². The highest BCUT2D eigenvalue weighted by atomic mass is 16.5. The number of hydrogen-bond acceptors (Lipinski definition) is 6. The smallest absolute Gasteiger partial charge is 0.274 e. The molecule has 0 saturated carbocycles. The van der Waals surface area contributed by atoms with Gasteiger partial charge in [-0.2, -0.15) is 4.98 Å². The number of nitrogens with zero attached hydrogens (tertiary/aromatic N) is 4. The summed E-state index contributed by atoms with van der Waals surface area (Å²) in [5.74, 6) is 0.460. The van der Waals surface area contributed by atoms with Crippen molar-refractivity contribution >= 4 is 33.7 Å². The lowest BCUT2D eigenvalue weighted by atomic mass is 10.0. The fraction of sp³-hybridized carbons (Fsp3) is 0.185. The summed E-state index contributed by atoms with van der Waals surface area (Å²) in [5, 5.41) is 4.54. The zero-order valence-electron chi connectivity index (χ0n) is 21.0. The van der Waals surface area contributed by atoms with Crippen molar-refractivity contribution in [2.75, 3.05) is 33.1 Å². The number of aromatic nitrogens is 5. The van der Waals surface area contributed by atoms with Gasteiger partial charge in [0.15, 0.2) is 0 Å². The van der Waals surface area contributed by atoms with E-state index in [4.69, 9.17) is 4.74 Å². The number of aromatic amines is 2. The van der Waals surface area contributed by atoms with Gasteiger partial charge in [-0.05, 0) is 37.9 Å². The van der Waals surface area contributed by atoms with Crippen molar-refractivity contribution in [2.24, 2.45) is 7.05 Å². The van der Waals surface area contributed by atoms with Gasteiger partial charge in [-0.15, -0.1) is 0 Å². The molecule has 188 valence electrons. The molecule has 0 radical (unpaired) electrons. The lowest BCUT2D eigenvalue weighted by Crippen LogP contribution is -2.16. The minimum Gasteiger partial charge on any atom is -0.481 e. The highest BCUT2D eigenvalue weighted by molar-refractivity contribution is 6.04. The SMILES string of the molecule is COc1cc(-c2cnc3[nH]cc(-c4cn(C)c(=O)c5[nH]ccc45)c3c2)cc(NC(=O)/C=C/CN(C)C)n1. The Morgan fingerprint density at radius 3 is 2.78 bits per heavy atom. The summed E-state index contributed by atoms with van der Waals surface area (Å²) < 4.78 is 6.96. The van der Waals surface area contributed by atoms with Gasteiger partial charge in [0.25, 0.3) is 5.56 Å². The lowest BCUT2D eigenvalue weighted by Gasteiger charge is -2.10. The minimum atomic E-state index is -0.278. The van der Waals surface area contributed by atoms with Gasteiger partial charge in [-0.1, -0.05) is 6.08 Å². The molecule has 0 bridgehead atoms. The van der Waals surface area contributed by atoms with E-state index in [2.05, 4.69) is 25.3 Å². The third-order valence-corrected chi connectivity index (χ3v) is 6.05. The number of H-pyrrole nitrogens is 2. The molecule has 0 spiro atoms. The van der Waals surface area contributed by atoms with Crippen LogP contribution in [0.1, 0.15) is 0 Å². The van der Waals surface area contributed by atoms with Crippen LogP contribution in [0.3, 0.4) is 0 Å². The summed E-state index contributed by atoms with van der Waals surface area (Å²) >= 11 is 0. The Morgan fingerprint density at radius 1 is 1.16 bits per heavy atom. The number of rotatable bonds is 7. The molecular formula is C27H27N7O3. The maximum absolute atomic E-state index is 12.5. The molecule has 10 nitrogen and oxygen atoms in total. The molecular weight excluding hydrogens is 470 g/mol. The van der Waals surface area contributed by atoms with Gasteiger partial charge in [-0.25, -0.2) is 4.98 Å². The second-order valence-corrected chi connectivity index (χ2v) is 8.98. The van der Waals surface area contributed by atoms with Crippen LogP contribution in [-0.2, 0) is 11.8 Å². The second-order valence-electron chi connectivity index (χ2n) is 8.98. The number of amides is 1. The van der Waals surface area contributed by atoms with Crippen LogP contribution >= 0.6 is 0 Å². The Morgan fingerprint density at radius 2 is 2.00 bits per heavy atom. The standard InChI is InChI=1S/C27H27N7O3/c1-33(2)9-5-6-23(35)31-22-11-16(12-24(32-22)37-4)17-10-19-20(14-30-26(19)29-13-17)21-15-34(3)27(36)25-18(21)7-8-28-25/h5-8,10-15,28H,9H2,1-4H3,(H,29,30)(H,31,32,35)/b6-5+. The first kappa shape index (κ1) is 24.0. The van der Waals surface area contributed by atoms with Crippen LogP contribution in [0.2, 0.25) is 0 Å². The molecule has 5 aromatic heterocycles. The quantitative estimate of drug-likeness (QED) is 0.296. The number of hydrogen-bond donors (Lipinski definition) is 3. The topological polar surface area (TPSA) is 121 Å². The number of nitrogens with one attached hydrogen (secondary N) is 3. The van der Waals surface area contributed by atoms with Crippen molar-refractivity contribution in [1.82, 2.24) is 29.4 Å². The maximum Gasteiger partial charge on any atom is 0.274 e. The van der Waals surface area contributed by atoms with Crippen LogP contribution in [0.15, 0.2) is 66.0 Å². The number of anilines is 1. The third-order valence-electron chi connectivity index (χ3n) is 6.05. The summed E-state index contributed by atoms with van der Waals surface area (Å²) in [6.45, 7) is 0.652. The van der Waals surface area contributed by atoms with Crippen LogP contribution in [0.5, 0.6) is 5.88 Å². The summed E-state index contributed by atoms with van der Waals surface area (Å²) in [5.41, 5.74) is 4.63. The molecule has 0 aromatic carbocycles. The average molecular weight is 498 g/mol. The molecule has 0 saturated heterocycles. The van der Waals surface area contributed by atoms with E-state index in [9.17, 15) is 9.59 Å². The maximum atomic E-state index is 12.5. The lowest BCUT2D eigenvalue weighted by molar-refractivity contribution is -0.111. The van der Waals surface area contributed by atoms with Gasteiger partial charge in [0, 0.05) is 78.0 Å². The molecule has 10 heteroatoms. The summed E-state index contributed by atoms with van der Waals surface area (Å²) in [7, 11) is 7.12. The van der Waals surface area contributed by atoms with Crippen LogP contribution in [0.25, 0.3) is 44.2 Å². The number of carbonyl (C=O) groups is 1. The van der Waals surface area contributed by atoms with Crippen LogP contribution in [-0.4, -0.2) is 63.1 Å². The monoisotopic (exact) mass is 497 g/mol. The third kappa shape index (κ3) is 4.74. The van der Waals surface area contributed by atoms with E-state index in [1.807, 2.05) is 43.5 Å². The highest BCUT2D eigenvalue weighted by Gasteiger charge is 2.16. The molecule has 0 fully saturated rings. The summed E-state index contributed by atoms with van der Waals surface area (Å²) in [6, 6.07) is 7.50. The second kappa shape index (κ2) is 9.75. The largest absolute Gasteiger partial charge is 0.481 e. The first-order valence-corrected chi connectivity index (χ1v) is 11.7. The number of fused-ring (bicyclic) bond motifs is 2. The van der Waals surface area contributed by atoms with Gasteiger partial charge in [-0.3, -0.25) is 9.59 Å². The molecule has 0 atom stereocenters. The summed E-state index contributed by atoms with van der Waals surface area (Å²) in [6.07, 6.45) is 10.5. The normalized spacial score (nSPS) is 11.7. The van der Waals surface area contributed by atoms with Crippen molar-refractivity contribution in [1.29, 1.82) is 0 Å². The van der Waals surface area contributed by atoms with E-state index in [1.54, 1.807) is 42.2 Å². The Kier molecular flexibility index (Phi) is 6.33. The van der Waals surface area contributed by atoms with Gasteiger partial charge in [0.2, 0.25) is 11.8 Å². The molecule has 0 unspecified atom stereocenters. The minimum absolute atomic E-state index is 0.0857. The number of carbonyl (C=O) groups excluding carboxylic acids is 1. The highest BCUT2D eigenvalue weighted by Crippen LogP contribution is 2.35. The van der Waals surface area contributed by atoms with Gasteiger partial charge in [0.1, 0.15) is 17.0 Å². The Balaban J connectivity index is 1.55. The van der Waals surface area contributed by atoms with Crippen LogP contribution < -0.4 is 15.6 Å². The zero-order chi connectivity index (χ0) is 26.1. The van der Waals surface area contributed by atoms with Crippen molar-refractivity contribution in [3.8, 4) is 28.1 Å². The molecule has 0 aliphatic rings. The Labute approximate surface area is 212 Å². The average Bonchev–Trinajstić information content (AvgIpc) is 3.53. The van der Waals surface area contributed by atoms with E-state index in [1.165, 1.54) is 13.2 Å². The number of methoxy groups -OCH3 is 1. The van der Waals surface area contributed by atoms with E-state index in [-0.39, 0.29) is 11.5 Å². The fourth-order valence-electron chi connectivity index (χ4n) is 4.25. The number of aryl methyl sites for hydroxylation is 1. The zero-order valence-corrected chi connectivity index (χ0v) is 21.0. The van der Waals surface area contributed by atoms with Gasteiger partial charge in [0.05, 0.1) is 7.11 Å². The molecule has 5 aromatic rings. The molecule has 5 rings (SSSR count).